The van der Waals surface area contributed by atoms with Crippen LogP contribution in [0.3, 0.4) is 0 Å². The molecule has 0 saturated heterocycles. The first-order valence-electron chi connectivity index (χ1n) is 7.48. The number of benzene rings is 1. The summed E-state index contributed by atoms with van der Waals surface area (Å²) in [6, 6.07) is 8.27. The van der Waals surface area contributed by atoms with Crippen LogP contribution in [0.4, 0.5) is 0 Å². The van der Waals surface area contributed by atoms with Crippen molar-refractivity contribution < 1.29 is 5.11 Å². The van der Waals surface area contributed by atoms with E-state index in [0.717, 1.165) is 12.0 Å². The predicted octanol–water partition coefficient (Wildman–Crippen LogP) is 2.39. The quantitative estimate of drug-likeness (QED) is 0.910. The molecule has 21 heavy (non-hydrogen) atoms. The van der Waals surface area contributed by atoms with Crippen molar-refractivity contribution in [2.45, 2.75) is 51.4 Å². The first-order chi connectivity index (χ1) is 9.95. The fourth-order valence-electron chi connectivity index (χ4n) is 2.87. The Morgan fingerprint density at radius 2 is 2.10 bits per heavy atom. The standard InChI is InChI=1S/C17H23N3O/c1-17(2,3)20-11-12(10-19-20)9-18-16-14-7-5-4-6-13(14)8-15(16)21/h4-7,10-11,15-16,18,21H,8-9H2,1-3H3/t15-,16+/m0/s1. The van der Waals surface area contributed by atoms with E-state index < -0.39 is 0 Å². The van der Waals surface area contributed by atoms with Crippen LogP contribution >= 0.6 is 0 Å². The van der Waals surface area contributed by atoms with Gasteiger partial charge in [0.05, 0.1) is 23.9 Å². The van der Waals surface area contributed by atoms with Crippen molar-refractivity contribution in [3.05, 3.63) is 53.3 Å². The van der Waals surface area contributed by atoms with Gasteiger partial charge in [-0.2, -0.15) is 5.10 Å². The molecule has 2 aromatic rings. The second-order valence-corrected chi connectivity index (χ2v) is 6.79. The number of aliphatic hydroxyl groups is 1. The largest absolute Gasteiger partial charge is 0.391 e. The summed E-state index contributed by atoms with van der Waals surface area (Å²) in [5.41, 5.74) is 3.60. The van der Waals surface area contributed by atoms with E-state index in [4.69, 9.17) is 0 Å². The fraction of sp³-hybridized carbons (Fsp3) is 0.471. The van der Waals surface area contributed by atoms with Crippen LogP contribution in [0.5, 0.6) is 0 Å². The molecule has 0 amide bonds. The first-order valence-corrected chi connectivity index (χ1v) is 7.48. The smallest absolute Gasteiger partial charge is 0.0775 e. The maximum Gasteiger partial charge on any atom is 0.0775 e. The Morgan fingerprint density at radius 3 is 2.81 bits per heavy atom. The summed E-state index contributed by atoms with van der Waals surface area (Å²) in [4.78, 5) is 0. The SMILES string of the molecule is CC(C)(C)n1cc(CN[C@@H]2c3ccccc3C[C@@H]2O)cn1. The topological polar surface area (TPSA) is 50.1 Å². The highest BCUT2D eigenvalue weighted by Crippen LogP contribution is 2.31. The molecule has 1 aromatic heterocycles. The van der Waals surface area contributed by atoms with Gasteiger partial charge in [0, 0.05) is 24.7 Å². The lowest BCUT2D eigenvalue weighted by Crippen LogP contribution is -2.28. The lowest BCUT2D eigenvalue weighted by atomic mass is 10.1. The van der Waals surface area contributed by atoms with E-state index in [-0.39, 0.29) is 17.7 Å². The fourth-order valence-corrected chi connectivity index (χ4v) is 2.87. The number of nitrogens with zero attached hydrogens (tertiary/aromatic N) is 2. The van der Waals surface area contributed by atoms with Crippen LogP contribution < -0.4 is 5.32 Å². The minimum atomic E-state index is -0.347. The first kappa shape index (κ1) is 14.3. The Hall–Kier alpha value is -1.65. The minimum Gasteiger partial charge on any atom is -0.391 e. The van der Waals surface area contributed by atoms with E-state index in [9.17, 15) is 5.11 Å². The summed E-state index contributed by atoms with van der Waals surface area (Å²) in [5.74, 6) is 0. The maximum absolute atomic E-state index is 10.2. The number of hydrogen-bond donors (Lipinski definition) is 2. The zero-order valence-electron chi connectivity index (χ0n) is 12.9. The van der Waals surface area contributed by atoms with E-state index >= 15 is 0 Å². The molecule has 4 nitrogen and oxygen atoms in total. The van der Waals surface area contributed by atoms with Crippen molar-refractivity contribution in [3.63, 3.8) is 0 Å². The number of fused-ring (bicyclic) bond motifs is 1. The summed E-state index contributed by atoms with van der Waals surface area (Å²) in [6.07, 6.45) is 4.35. The molecule has 1 heterocycles. The number of aromatic nitrogens is 2. The molecule has 0 fully saturated rings. The average molecular weight is 285 g/mol. The number of rotatable bonds is 3. The monoisotopic (exact) mass is 285 g/mol. The second-order valence-electron chi connectivity index (χ2n) is 6.79. The zero-order valence-corrected chi connectivity index (χ0v) is 12.9. The van der Waals surface area contributed by atoms with Crippen molar-refractivity contribution >= 4 is 0 Å². The highest BCUT2D eigenvalue weighted by molar-refractivity contribution is 5.36. The normalized spacial score (nSPS) is 21.5. The summed E-state index contributed by atoms with van der Waals surface area (Å²) in [5, 5.41) is 18.1. The Labute approximate surface area is 125 Å². The number of aliphatic hydroxyl groups excluding tert-OH is 1. The third-order valence-corrected chi connectivity index (χ3v) is 4.05. The van der Waals surface area contributed by atoms with E-state index in [2.05, 4.69) is 49.5 Å². The minimum absolute atomic E-state index is 0.00226. The van der Waals surface area contributed by atoms with Gasteiger partial charge in [0.25, 0.3) is 0 Å². The molecule has 4 heteroatoms. The van der Waals surface area contributed by atoms with E-state index in [0.29, 0.717) is 6.54 Å². The van der Waals surface area contributed by atoms with E-state index in [1.54, 1.807) is 0 Å². The van der Waals surface area contributed by atoms with Crippen LogP contribution in [-0.4, -0.2) is 21.0 Å². The van der Waals surface area contributed by atoms with Gasteiger partial charge in [-0.3, -0.25) is 4.68 Å². The molecule has 2 N–H and O–H groups in total. The van der Waals surface area contributed by atoms with Crippen molar-refractivity contribution in [1.82, 2.24) is 15.1 Å². The molecule has 3 rings (SSSR count). The van der Waals surface area contributed by atoms with Gasteiger partial charge in [-0.05, 0) is 31.9 Å². The Bertz CT molecular complexity index is 627. The highest BCUT2D eigenvalue weighted by atomic mass is 16.3. The van der Waals surface area contributed by atoms with Gasteiger partial charge in [-0.25, -0.2) is 0 Å². The Morgan fingerprint density at radius 1 is 1.33 bits per heavy atom. The van der Waals surface area contributed by atoms with Crippen molar-refractivity contribution in [1.29, 1.82) is 0 Å². The summed E-state index contributed by atoms with van der Waals surface area (Å²) in [6.45, 7) is 7.11. The molecule has 0 bridgehead atoms. The molecular formula is C17H23N3O. The molecule has 0 unspecified atom stereocenters. The van der Waals surface area contributed by atoms with Crippen LogP contribution in [0.15, 0.2) is 36.7 Å². The lowest BCUT2D eigenvalue weighted by Gasteiger charge is -2.19. The van der Waals surface area contributed by atoms with Gasteiger partial charge >= 0.3 is 0 Å². The third kappa shape index (κ3) is 2.87. The molecule has 1 aliphatic carbocycles. The second kappa shape index (κ2) is 5.28. The van der Waals surface area contributed by atoms with Crippen LogP contribution in [0.2, 0.25) is 0 Å². The van der Waals surface area contributed by atoms with E-state index in [1.807, 2.05) is 23.0 Å². The van der Waals surface area contributed by atoms with Crippen molar-refractivity contribution in [2.75, 3.05) is 0 Å². The van der Waals surface area contributed by atoms with Gasteiger partial charge in [-0.15, -0.1) is 0 Å². The van der Waals surface area contributed by atoms with Crippen LogP contribution in [0.1, 0.15) is 43.5 Å². The average Bonchev–Trinajstić information content (AvgIpc) is 3.00. The van der Waals surface area contributed by atoms with E-state index in [1.165, 1.54) is 11.1 Å². The summed E-state index contributed by atoms with van der Waals surface area (Å²) in [7, 11) is 0. The van der Waals surface area contributed by atoms with Gasteiger partial charge in [0.1, 0.15) is 0 Å². The molecule has 0 radical (unpaired) electrons. The van der Waals surface area contributed by atoms with Gasteiger partial charge in [0.2, 0.25) is 0 Å². The Kier molecular flexibility index (Phi) is 3.59. The molecule has 0 aliphatic heterocycles. The summed E-state index contributed by atoms with van der Waals surface area (Å²) >= 11 is 0. The Balaban J connectivity index is 1.69. The van der Waals surface area contributed by atoms with Crippen LogP contribution in [0, 0.1) is 0 Å². The molecule has 1 aliphatic rings. The van der Waals surface area contributed by atoms with Crippen LogP contribution in [-0.2, 0) is 18.5 Å². The predicted molar refractivity (Wildman–Crippen MR) is 83.0 cm³/mol. The molecule has 0 saturated carbocycles. The lowest BCUT2D eigenvalue weighted by molar-refractivity contribution is 0.140. The molecule has 112 valence electrons. The molecular weight excluding hydrogens is 262 g/mol. The van der Waals surface area contributed by atoms with Crippen molar-refractivity contribution in [3.8, 4) is 0 Å². The van der Waals surface area contributed by atoms with Crippen molar-refractivity contribution in [2.24, 2.45) is 0 Å². The molecule has 0 spiro atoms. The number of hydrogen-bond acceptors (Lipinski definition) is 3. The highest BCUT2D eigenvalue weighted by Gasteiger charge is 2.30. The maximum atomic E-state index is 10.2. The molecule has 1 aromatic carbocycles. The van der Waals surface area contributed by atoms with Crippen LogP contribution in [0.25, 0.3) is 0 Å². The van der Waals surface area contributed by atoms with Gasteiger partial charge in [0.15, 0.2) is 0 Å². The zero-order chi connectivity index (χ0) is 15.0. The van der Waals surface area contributed by atoms with Gasteiger partial charge in [-0.1, -0.05) is 24.3 Å². The third-order valence-electron chi connectivity index (χ3n) is 4.05. The van der Waals surface area contributed by atoms with Gasteiger partial charge < -0.3 is 10.4 Å². The summed E-state index contributed by atoms with van der Waals surface area (Å²) < 4.78 is 1.98. The molecule has 2 atom stereocenters. The number of nitrogens with one attached hydrogen (secondary N) is 1.